The first-order chi connectivity index (χ1) is 12.5. The van der Waals surface area contributed by atoms with Crippen LogP contribution in [0.2, 0.25) is 0 Å². The number of amides is 1. The van der Waals surface area contributed by atoms with Gasteiger partial charge in [-0.05, 0) is 33.1 Å². The first-order valence-corrected chi connectivity index (χ1v) is 9.70. The zero-order valence-corrected chi connectivity index (χ0v) is 16.1. The van der Waals surface area contributed by atoms with Crippen LogP contribution < -0.4 is 5.32 Å². The van der Waals surface area contributed by atoms with Crippen LogP contribution in [0.5, 0.6) is 0 Å². The molecule has 0 spiro atoms. The van der Waals surface area contributed by atoms with Crippen LogP contribution in [0.1, 0.15) is 66.5 Å². The highest BCUT2D eigenvalue weighted by atomic mass is 32.1. The monoisotopic (exact) mass is 379 g/mol. The Kier molecular flexibility index (Phi) is 6.00. The summed E-state index contributed by atoms with van der Waals surface area (Å²) in [6.07, 6.45) is 3.07. The number of carbonyl (C=O) groups is 1. The minimum atomic E-state index is -0.566. The lowest BCUT2D eigenvalue weighted by Crippen LogP contribution is -2.47. The van der Waals surface area contributed by atoms with Crippen LogP contribution in [0.3, 0.4) is 0 Å². The van der Waals surface area contributed by atoms with Crippen molar-refractivity contribution in [1.82, 2.24) is 25.1 Å². The molecule has 1 aliphatic carbocycles. The molecular formula is C17H25N5O3S. The molecule has 26 heavy (non-hydrogen) atoms. The van der Waals surface area contributed by atoms with Crippen molar-refractivity contribution in [3.8, 4) is 0 Å². The van der Waals surface area contributed by atoms with Gasteiger partial charge < -0.3 is 15.2 Å². The number of aromatic nitrogens is 4. The second kappa shape index (κ2) is 8.24. The quantitative estimate of drug-likeness (QED) is 0.795. The van der Waals surface area contributed by atoms with Crippen LogP contribution in [0.25, 0.3) is 0 Å². The third-order valence-electron chi connectivity index (χ3n) is 4.59. The van der Waals surface area contributed by atoms with Gasteiger partial charge in [0, 0.05) is 30.6 Å². The summed E-state index contributed by atoms with van der Waals surface area (Å²) in [7, 11) is 1.62. The van der Waals surface area contributed by atoms with Crippen LogP contribution in [0.15, 0.2) is 11.6 Å². The van der Waals surface area contributed by atoms with E-state index in [4.69, 9.17) is 4.74 Å². The average Bonchev–Trinajstić information content (AvgIpc) is 3.27. The van der Waals surface area contributed by atoms with Crippen molar-refractivity contribution in [3.63, 3.8) is 0 Å². The molecule has 1 amide bonds. The maximum atomic E-state index is 12.3. The Bertz CT molecular complexity index is 731. The number of carbonyl (C=O) groups excluding carboxylic acids is 1. The molecular weight excluding hydrogens is 354 g/mol. The molecule has 0 bridgehead atoms. The molecule has 0 saturated heterocycles. The molecule has 0 unspecified atom stereocenters. The lowest BCUT2D eigenvalue weighted by atomic mass is 9.83. The lowest BCUT2D eigenvalue weighted by Gasteiger charge is -2.33. The zero-order chi connectivity index (χ0) is 18.7. The molecule has 8 nitrogen and oxygen atoms in total. The van der Waals surface area contributed by atoms with Crippen molar-refractivity contribution in [2.45, 2.75) is 63.8 Å². The highest BCUT2D eigenvalue weighted by Crippen LogP contribution is 2.33. The number of thiazole rings is 1. The van der Waals surface area contributed by atoms with E-state index in [9.17, 15) is 9.90 Å². The fourth-order valence-corrected chi connectivity index (χ4v) is 3.88. The van der Waals surface area contributed by atoms with Gasteiger partial charge in [0.15, 0.2) is 10.8 Å². The van der Waals surface area contributed by atoms with Gasteiger partial charge in [0.05, 0.1) is 12.1 Å². The number of aliphatic hydroxyl groups excluding tert-OH is 1. The summed E-state index contributed by atoms with van der Waals surface area (Å²) in [5, 5.41) is 20.0. The van der Waals surface area contributed by atoms with Gasteiger partial charge >= 0.3 is 0 Å². The Labute approximate surface area is 156 Å². The fraction of sp³-hybridized carbons (Fsp3) is 0.647. The summed E-state index contributed by atoms with van der Waals surface area (Å²) < 4.78 is 7.08. The molecule has 3 rings (SSSR count). The van der Waals surface area contributed by atoms with E-state index in [-0.39, 0.29) is 23.9 Å². The van der Waals surface area contributed by atoms with E-state index in [1.807, 2.05) is 4.68 Å². The minimum absolute atomic E-state index is 0.125. The molecule has 142 valence electrons. The zero-order valence-electron chi connectivity index (χ0n) is 15.3. The van der Waals surface area contributed by atoms with Crippen molar-refractivity contribution < 1.29 is 14.6 Å². The van der Waals surface area contributed by atoms with Crippen molar-refractivity contribution in [1.29, 1.82) is 0 Å². The molecule has 0 aliphatic heterocycles. The number of rotatable bonds is 6. The average molecular weight is 379 g/mol. The Morgan fingerprint density at radius 2 is 2.31 bits per heavy atom. The molecule has 0 radical (unpaired) electrons. The number of nitrogens with zero attached hydrogens (tertiary/aromatic N) is 4. The van der Waals surface area contributed by atoms with Gasteiger partial charge in [-0.1, -0.05) is 0 Å². The lowest BCUT2D eigenvalue weighted by molar-refractivity contribution is 0.0667. The minimum Gasteiger partial charge on any atom is -0.391 e. The molecule has 3 atom stereocenters. The molecule has 1 aliphatic rings. The summed E-state index contributed by atoms with van der Waals surface area (Å²) in [4.78, 5) is 21.0. The van der Waals surface area contributed by atoms with Crippen LogP contribution in [-0.2, 0) is 11.3 Å². The molecule has 0 aromatic carbocycles. The molecule has 9 heteroatoms. The Morgan fingerprint density at radius 3 is 2.96 bits per heavy atom. The third-order valence-corrected chi connectivity index (χ3v) is 5.36. The topological polar surface area (TPSA) is 102 Å². The van der Waals surface area contributed by atoms with Crippen molar-refractivity contribution in [2.24, 2.45) is 0 Å². The van der Waals surface area contributed by atoms with Crippen LogP contribution in [-0.4, -0.2) is 50.0 Å². The fourth-order valence-electron chi connectivity index (χ4n) is 3.34. The van der Waals surface area contributed by atoms with E-state index in [1.54, 1.807) is 18.7 Å². The van der Waals surface area contributed by atoms with E-state index < -0.39 is 6.10 Å². The molecule has 2 aromatic heterocycles. The standard InChI is InChI=1S/C17H25N5O3S/c1-10(2)22-15(20-14(21-22)9-25-3)11-4-5-13(23)12(8-11)19-16(24)17-18-6-7-26-17/h6-7,10-13,23H,4-5,8-9H2,1-3H3,(H,19,24)/t11-,12+,13+/m0/s1. The Morgan fingerprint density at radius 1 is 1.50 bits per heavy atom. The Balaban J connectivity index is 1.76. The van der Waals surface area contributed by atoms with Crippen LogP contribution in [0, 0.1) is 0 Å². The predicted molar refractivity (Wildman–Crippen MR) is 97.1 cm³/mol. The number of nitrogens with one attached hydrogen (secondary N) is 1. The van der Waals surface area contributed by atoms with E-state index in [1.165, 1.54) is 11.3 Å². The summed E-state index contributed by atoms with van der Waals surface area (Å²) in [6.45, 7) is 4.49. The Hall–Kier alpha value is -1.84. The second-order valence-electron chi connectivity index (χ2n) is 6.85. The van der Waals surface area contributed by atoms with Crippen molar-refractivity contribution in [3.05, 3.63) is 28.2 Å². The molecule has 2 heterocycles. The largest absolute Gasteiger partial charge is 0.391 e. The number of hydrogen-bond donors (Lipinski definition) is 2. The predicted octanol–water partition coefficient (Wildman–Crippen LogP) is 1.89. The first kappa shape index (κ1) is 18.9. The van der Waals surface area contributed by atoms with E-state index in [0.29, 0.717) is 30.3 Å². The molecule has 2 N–H and O–H groups in total. The van der Waals surface area contributed by atoms with Gasteiger partial charge in [0.25, 0.3) is 5.91 Å². The molecule has 1 saturated carbocycles. The van der Waals surface area contributed by atoms with Gasteiger partial charge in [0.2, 0.25) is 0 Å². The van der Waals surface area contributed by atoms with E-state index >= 15 is 0 Å². The van der Waals surface area contributed by atoms with E-state index in [2.05, 4.69) is 34.2 Å². The van der Waals surface area contributed by atoms with Gasteiger partial charge in [-0.3, -0.25) is 4.79 Å². The third kappa shape index (κ3) is 4.11. The van der Waals surface area contributed by atoms with Crippen molar-refractivity contribution in [2.75, 3.05) is 7.11 Å². The first-order valence-electron chi connectivity index (χ1n) is 8.82. The SMILES string of the molecule is COCc1nc([C@H]2CC[C@@H](O)[C@H](NC(=O)c3nccs3)C2)n(C(C)C)n1. The number of aliphatic hydroxyl groups is 1. The second-order valence-corrected chi connectivity index (χ2v) is 7.75. The molecule has 1 fully saturated rings. The van der Waals surface area contributed by atoms with Gasteiger partial charge in [-0.15, -0.1) is 11.3 Å². The maximum Gasteiger partial charge on any atom is 0.280 e. The highest BCUT2D eigenvalue weighted by molar-refractivity contribution is 7.11. The van der Waals surface area contributed by atoms with Gasteiger partial charge in [-0.25, -0.2) is 14.6 Å². The van der Waals surface area contributed by atoms with Crippen molar-refractivity contribution >= 4 is 17.2 Å². The van der Waals surface area contributed by atoms with Gasteiger partial charge in [0.1, 0.15) is 12.4 Å². The van der Waals surface area contributed by atoms with Crippen LogP contribution >= 0.6 is 11.3 Å². The number of ether oxygens (including phenoxy) is 1. The smallest absolute Gasteiger partial charge is 0.280 e. The summed E-state index contributed by atoms with van der Waals surface area (Å²) >= 11 is 1.29. The summed E-state index contributed by atoms with van der Waals surface area (Å²) in [6, 6.07) is -0.147. The summed E-state index contributed by atoms with van der Waals surface area (Å²) in [5.74, 6) is 1.44. The number of hydrogen-bond acceptors (Lipinski definition) is 7. The van der Waals surface area contributed by atoms with Crippen LogP contribution in [0.4, 0.5) is 0 Å². The highest BCUT2D eigenvalue weighted by Gasteiger charge is 2.34. The normalized spacial score (nSPS) is 23.3. The maximum absolute atomic E-state index is 12.3. The van der Waals surface area contributed by atoms with E-state index in [0.717, 1.165) is 12.2 Å². The molecule has 2 aromatic rings. The number of methoxy groups -OCH3 is 1. The van der Waals surface area contributed by atoms with Gasteiger partial charge in [-0.2, -0.15) is 5.10 Å². The summed E-state index contributed by atoms with van der Waals surface area (Å²) in [5.41, 5.74) is 0.